The first kappa shape index (κ1) is 16.2. The molecule has 24 heavy (non-hydrogen) atoms. The first-order valence-electron chi connectivity index (χ1n) is 7.44. The van der Waals surface area contributed by atoms with E-state index in [-0.39, 0.29) is 0 Å². The summed E-state index contributed by atoms with van der Waals surface area (Å²) in [5.74, 6) is 9.01. The zero-order valence-electron chi connectivity index (χ0n) is 13.5. The van der Waals surface area contributed by atoms with Gasteiger partial charge in [-0.25, -0.2) is 0 Å². The molecule has 0 aliphatic heterocycles. The van der Waals surface area contributed by atoms with E-state index in [0.717, 1.165) is 28.1 Å². The Morgan fingerprint density at radius 2 is 2.17 bits per heavy atom. The summed E-state index contributed by atoms with van der Waals surface area (Å²) in [4.78, 5) is 0. The van der Waals surface area contributed by atoms with Crippen LogP contribution in [0.1, 0.15) is 12.7 Å². The number of rotatable bonds is 6. The molecule has 1 aromatic carbocycles. The van der Waals surface area contributed by atoms with Gasteiger partial charge in [-0.15, -0.1) is 16.1 Å². The van der Waals surface area contributed by atoms with Crippen molar-refractivity contribution in [2.75, 3.05) is 12.9 Å². The molecule has 0 radical (unpaired) electrons. The molecule has 2 aromatic heterocycles. The summed E-state index contributed by atoms with van der Waals surface area (Å²) < 4.78 is 12.8. The fraction of sp³-hybridized carbons (Fsp3) is 0.222. The van der Waals surface area contributed by atoms with Gasteiger partial charge < -0.3 is 9.15 Å². The quantitative estimate of drug-likeness (QED) is 0.506. The molecule has 122 valence electrons. The lowest BCUT2D eigenvalue weighted by molar-refractivity contribution is 0.415. The zero-order chi connectivity index (χ0) is 16.8. The third-order valence-corrected chi connectivity index (χ3v) is 4.24. The number of aromatic nitrogens is 3. The molecule has 0 atom stereocenters. The van der Waals surface area contributed by atoms with E-state index in [1.807, 2.05) is 47.9 Å². The smallest absolute Gasteiger partial charge is 0.192 e. The van der Waals surface area contributed by atoms with E-state index in [0.29, 0.717) is 12.3 Å². The maximum absolute atomic E-state index is 5.48. The molecule has 0 unspecified atom stereocenters. The Labute approximate surface area is 145 Å². The van der Waals surface area contributed by atoms with Gasteiger partial charge in [-0.2, -0.15) is 0 Å². The average molecular weight is 339 g/mol. The Balaban J connectivity index is 1.98. The molecule has 0 bridgehead atoms. The second-order valence-electron chi connectivity index (χ2n) is 4.92. The van der Waals surface area contributed by atoms with Crippen molar-refractivity contribution < 1.29 is 9.15 Å². The van der Waals surface area contributed by atoms with E-state index in [2.05, 4.69) is 22.0 Å². The molecule has 3 rings (SSSR count). The molecule has 3 aromatic rings. The molecule has 0 fully saturated rings. The molecule has 0 spiro atoms. The first-order valence-corrected chi connectivity index (χ1v) is 8.43. The standard InChI is InChI=1S/C18H17N3O2S/c1-3-4-11-24-18-20-19-17(14-7-5-8-15(12-14)22-2)21(18)13-16-9-6-10-23-16/h5-10,12H,11,13H2,1-2H3. The fourth-order valence-electron chi connectivity index (χ4n) is 2.24. The molecule has 0 aliphatic rings. The van der Waals surface area contributed by atoms with E-state index < -0.39 is 0 Å². The largest absolute Gasteiger partial charge is 0.497 e. The summed E-state index contributed by atoms with van der Waals surface area (Å²) in [6, 6.07) is 11.6. The maximum Gasteiger partial charge on any atom is 0.192 e. The van der Waals surface area contributed by atoms with Crippen LogP contribution < -0.4 is 4.74 Å². The minimum atomic E-state index is 0.564. The van der Waals surface area contributed by atoms with E-state index >= 15 is 0 Å². The summed E-state index contributed by atoms with van der Waals surface area (Å²) in [5, 5.41) is 9.51. The van der Waals surface area contributed by atoms with Gasteiger partial charge in [0.05, 0.1) is 25.7 Å². The van der Waals surface area contributed by atoms with Crippen molar-refractivity contribution in [1.82, 2.24) is 14.8 Å². The molecule has 0 saturated heterocycles. The molecular weight excluding hydrogens is 322 g/mol. The van der Waals surface area contributed by atoms with E-state index in [1.54, 1.807) is 25.1 Å². The van der Waals surface area contributed by atoms with Crippen LogP contribution in [0, 0.1) is 11.8 Å². The summed E-state index contributed by atoms with van der Waals surface area (Å²) in [5.41, 5.74) is 0.946. The van der Waals surface area contributed by atoms with Gasteiger partial charge in [0.1, 0.15) is 11.5 Å². The summed E-state index contributed by atoms with van der Waals surface area (Å²) >= 11 is 1.56. The lowest BCUT2D eigenvalue weighted by Gasteiger charge is -2.09. The van der Waals surface area contributed by atoms with Crippen molar-refractivity contribution in [2.24, 2.45) is 0 Å². The lowest BCUT2D eigenvalue weighted by atomic mass is 10.2. The number of hydrogen-bond donors (Lipinski definition) is 0. The number of nitrogens with zero attached hydrogens (tertiary/aromatic N) is 3. The van der Waals surface area contributed by atoms with Gasteiger partial charge in [-0.05, 0) is 31.2 Å². The Bertz CT molecular complexity index is 860. The summed E-state index contributed by atoms with van der Waals surface area (Å²) in [6.07, 6.45) is 1.67. The molecule has 0 aliphatic carbocycles. The van der Waals surface area contributed by atoms with Crippen molar-refractivity contribution in [1.29, 1.82) is 0 Å². The first-order chi connectivity index (χ1) is 11.8. The van der Waals surface area contributed by atoms with Crippen LogP contribution in [0.4, 0.5) is 0 Å². The Morgan fingerprint density at radius 3 is 2.92 bits per heavy atom. The molecule has 0 amide bonds. The third-order valence-electron chi connectivity index (χ3n) is 3.39. The number of benzene rings is 1. The van der Waals surface area contributed by atoms with Crippen molar-refractivity contribution in [3.05, 3.63) is 48.4 Å². The average Bonchev–Trinajstić information content (AvgIpc) is 3.26. The number of methoxy groups -OCH3 is 1. The molecule has 0 saturated carbocycles. The van der Waals surface area contributed by atoms with Gasteiger partial charge in [0.25, 0.3) is 0 Å². The Hall–Kier alpha value is -2.65. The van der Waals surface area contributed by atoms with Crippen LogP contribution in [0.25, 0.3) is 11.4 Å². The fourth-order valence-corrected chi connectivity index (χ4v) is 3.00. The molecule has 0 N–H and O–H groups in total. The summed E-state index contributed by atoms with van der Waals surface area (Å²) in [7, 11) is 1.65. The predicted molar refractivity (Wildman–Crippen MR) is 94.0 cm³/mol. The Kier molecular flexibility index (Phi) is 5.24. The number of thioether (sulfide) groups is 1. The van der Waals surface area contributed by atoms with Gasteiger partial charge in [0.2, 0.25) is 0 Å². The summed E-state index contributed by atoms with van der Waals surface area (Å²) in [6.45, 7) is 2.39. The normalized spacial score (nSPS) is 10.2. The highest BCUT2D eigenvalue weighted by atomic mass is 32.2. The van der Waals surface area contributed by atoms with Crippen molar-refractivity contribution >= 4 is 11.8 Å². The second kappa shape index (κ2) is 7.75. The lowest BCUT2D eigenvalue weighted by Crippen LogP contribution is -2.03. The molecular formula is C18H17N3O2S. The topological polar surface area (TPSA) is 53.1 Å². The van der Waals surface area contributed by atoms with E-state index in [1.165, 1.54) is 0 Å². The maximum atomic E-state index is 5.48. The van der Waals surface area contributed by atoms with E-state index in [9.17, 15) is 0 Å². The zero-order valence-corrected chi connectivity index (χ0v) is 14.3. The van der Waals surface area contributed by atoms with Gasteiger partial charge in [-0.1, -0.05) is 29.8 Å². The van der Waals surface area contributed by atoms with Crippen molar-refractivity contribution in [3.63, 3.8) is 0 Å². The van der Waals surface area contributed by atoms with Gasteiger partial charge in [0, 0.05) is 5.56 Å². The second-order valence-corrected chi connectivity index (χ2v) is 5.86. The number of hydrogen-bond acceptors (Lipinski definition) is 5. The minimum Gasteiger partial charge on any atom is -0.497 e. The molecule has 5 nitrogen and oxygen atoms in total. The van der Waals surface area contributed by atoms with E-state index in [4.69, 9.17) is 9.15 Å². The van der Waals surface area contributed by atoms with Crippen LogP contribution in [0.3, 0.4) is 0 Å². The van der Waals surface area contributed by atoms with Crippen LogP contribution in [0.15, 0.2) is 52.2 Å². The highest BCUT2D eigenvalue weighted by Crippen LogP contribution is 2.27. The number of ether oxygens (including phenoxy) is 1. The van der Waals surface area contributed by atoms with Crippen molar-refractivity contribution in [2.45, 2.75) is 18.6 Å². The Morgan fingerprint density at radius 1 is 1.25 bits per heavy atom. The molecule has 6 heteroatoms. The third kappa shape index (κ3) is 3.63. The van der Waals surface area contributed by atoms with Crippen LogP contribution >= 0.6 is 11.8 Å². The van der Waals surface area contributed by atoms with Crippen LogP contribution in [0.2, 0.25) is 0 Å². The van der Waals surface area contributed by atoms with Crippen LogP contribution in [-0.4, -0.2) is 27.6 Å². The SMILES string of the molecule is CC#CCSc1nnc(-c2cccc(OC)c2)n1Cc1ccco1. The monoisotopic (exact) mass is 339 g/mol. The van der Waals surface area contributed by atoms with Crippen molar-refractivity contribution in [3.8, 4) is 29.0 Å². The van der Waals surface area contributed by atoms with Crippen LogP contribution in [-0.2, 0) is 6.54 Å². The predicted octanol–water partition coefficient (Wildman–Crippen LogP) is 3.71. The highest BCUT2D eigenvalue weighted by Gasteiger charge is 2.16. The number of furan rings is 1. The minimum absolute atomic E-state index is 0.564. The van der Waals surface area contributed by atoms with Gasteiger partial charge >= 0.3 is 0 Å². The van der Waals surface area contributed by atoms with Gasteiger partial charge in [0.15, 0.2) is 11.0 Å². The van der Waals surface area contributed by atoms with Crippen LogP contribution in [0.5, 0.6) is 5.75 Å². The molecule has 2 heterocycles. The highest BCUT2D eigenvalue weighted by molar-refractivity contribution is 7.99. The van der Waals surface area contributed by atoms with Gasteiger partial charge in [-0.3, -0.25) is 4.57 Å².